The maximum Gasteiger partial charge on any atom is 0.261 e. The van der Waals surface area contributed by atoms with Gasteiger partial charge in [0.2, 0.25) is 0 Å². The number of nitrogens with one attached hydrogen (secondary N) is 1. The summed E-state index contributed by atoms with van der Waals surface area (Å²) in [4.78, 5) is 12.4. The first kappa shape index (κ1) is 17.3. The Bertz CT molecular complexity index is 878. The van der Waals surface area contributed by atoms with Crippen molar-refractivity contribution >= 4 is 28.3 Å². The fraction of sp³-hybridized carbons (Fsp3) is 0.190. The molecule has 4 heteroatoms. The molecule has 0 bridgehead atoms. The zero-order valence-electron chi connectivity index (χ0n) is 14.0. The molecule has 0 heterocycles. The molecule has 0 aliphatic rings. The van der Waals surface area contributed by atoms with Crippen LogP contribution in [0.15, 0.2) is 66.7 Å². The average Bonchev–Trinajstić information content (AvgIpc) is 2.65. The quantitative estimate of drug-likeness (QED) is 0.679. The summed E-state index contributed by atoms with van der Waals surface area (Å²) in [7, 11) is 0. The first-order chi connectivity index (χ1) is 12.2. The Morgan fingerprint density at radius 3 is 2.52 bits per heavy atom. The standard InChI is InChI=1S/C21H20ClNO2/c1-2-19(25-20-10-6-5-9-18(20)22)21(24)23-14-15-11-12-16-7-3-4-8-17(16)13-15/h3-13,19H,2,14H2,1H3,(H,23,24)/t19-/m1/s1. The summed E-state index contributed by atoms with van der Waals surface area (Å²) in [5, 5.41) is 5.80. The number of halogens is 1. The van der Waals surface area contributed by atoms with Gasteiger partial charge in [0.05, 0.1) is 5.02 Å². The van der Waals surface area contributed by atoms with Crippen molar-refractivity contribution in [2.75, 3.05) is 0 Å². The number of benzene rings is 3. The summed E-state index contributed by atoms with van der Waals surface area (Å²) in [6.07, 6.45) is -0.00485. The van der Waals surface area contributed by atoms with E-state index in [1.807, 2.05) is 37.3 Å². The summed E-state index contributed by atoms with van der Waals surface area (Å²) in [5.41, 5.74) is 1.06. The molecule has 3 aromatic carbocycles. The lowest BCUT2D eigenvalue weighted by atomic mass is 10.1. The van der Waals surface area contributed by atoms with Gasteiger partial charge in [-0.3, -0.25) is 4.79 Å². The van der Waals surface area contributed by atoms with Gasteiger partial charge in [-0.25, -0.2) is 0 Å². The van der Waals surface area contributed by atoms with Crippen LogP contribution in [0.4, 0.5) is 0 Å². The van der Waals surface area contributed by atoms with Crippen molar-refractivity contribution in [2.24, 2.45) is 0 Å². The van der Waals surface area contributed by atoms with E-state index in [9.17, 15) is 4.79 Å². The third-order valence-corrected chi connectivity index (χ3v) is 4.36. The van der Waals surface area contributed by atoms with E-state index >= 15 is 0 Å². The molecule has 0 saturated heterocycles. The normalized spacial score (nSPS) is 11.9. The van der Waals surface area contributed by atoms with Crippen LogP contribution in [0.25, 0.3) is 10.8 Å². The first-order valence-corrected chi connectivity index (χ1v) is 8.71. The van der Waals surface area contributed by atoms with Crippen LogP contribution >= 0.6 is 11.6 Å². The van der Waals surface area contributed by atoms with E-state index in [0.29, 0.717) is 23.7 Å². The van der Waals surface area contributed by atoms with Crippen LogP contribution < -0.4 is 10.1 Å². The number of para-hydroxylation sites is 1. The number of fused-ring (bicyclic) bond motifs is 1. The van der Waals surface area contributed by atoms with Crippen LogP contribution in [0.2, 0.25) is 5.02 Å². The molecule has 0 radical (unpaired) electrons. The van der Waals surface area contributed by atoms with E-state index in [4.69, 9.17) is 16.3 Å². The van der Waals surface area contributed by atoms with E-state index in [-0.39, 0.29) is 5.91 Å². The van der Waals surface area contributed by atoms with Gasteiger partial charge in [-0.2, -0.15) is 0 Å². The highest BCUT2D eigenvalue weighted by atomic mass is 35.5. The molecule has 0 spiro atoms. The molecule has 0 aliphatic heterocycles. The topological polar surface area (TPSA) is 38.3 Å². The second-order valence-corrected chi connectivity index (χ2v) is 6.25. The number of hydrogen-bond acceptors (Lipinski definition) is 2. The highest BCUT2D eigenvalue weighted by Gasteiger charge is 2.19. The number of rotatable bonds is 6. The minimum absolute atomic E-state index is 0.143. The Morgan fingerprint density at radius 2 is 1.76 bits per heavy atom. The van der Waals surface area contributed by atoms with E-state index in [0.717, 1.165) is 10.9 Å². The largest absolute Gasteiger partial charge is 0.479 e. The SMILES string of the molecule is CC[C@@H](Oc1ccccc1Cl)C(=O)NCc1ccc2ccccc2c1. The van der Waals surface area contributed by atoms with Crippen LogP contribution in [-0.4, -0.2) is 12.0 Å². The Hall–Kier alpha value is -2.52. The maximum atomic E-state index is 12.4. The number of carbonyl (C=O) groups excluding carboxylic acids is 1. The molecule has 3 rings (SSSR count). The van der Waals surface area contributed by atoms with Crippen molar-refractivity contribution in [2.45, 2.75) is 26.0 Å². The average molecular weight is 354 g/mol. The summed E-state index contributed by atoms with van der Waals surface area (Å²) in [6.45, 7) is 2.38. The zero-order valence-corrected chi connectivity index (χ0v) is 14.8. The second-order valence-electron chi connectivity index (χ2n) is 5.84. The Labute approximate surface area is 152 Å². The molecular formula is C21H20ClNO2. The molecule has 0 aromatic heterocycles. The van der Waals surface area contributed by atoms with Gasteiger partial charge in [-0.1, -0.05) is 67.1 Å². The number of hydrogen-bond donors (Lipinski definition) is 1. The van der Waals surface area contributed by atoms with Crippen molar-refractivity contribution in [3.8, 4) is 5.75 Å². The lowest BCUT2D eigenvalue weighted by Crippen LogP contribution is -2.37. The van der Waals surface area contributed by atoms with E-state index in [1.54, 1.807) is 12.1 Å². The summed E-state index contributed by atoms with van der Waals surface area (Å²) in [5.74, 6) is 0.382. The number of ether oxygens (including phenoxy) is 1. The van der Waals surface area contributed by atoms with E-state index in [1.165, 1.54) is 5.39 Å². The highest BCUT2D eigenvalue weighted by molar-refractivity contribution is 6.32. The van der Waals surface area contributed by atoms with Gasteiger partial charge in [0.1, 0.15) is 5.75 Å². The van der Waals surface area contributed by atoms with Crippen LogP contribution in [0, 0.1) is 0 Å². The van der Waals surface area contributed by atoms with Crippen molar-refractivity contribution in [1.82, 2.24) is 5.32 Å². The lowest BCUT2D eigenvalue weighted by Gasteiger charge is -2.18. The molecule has 3 nitrogen and oxygen atoms in total. The lowest BCUT2D eigenvalue weighted by molar-refractivity contribution is -0.128. The Balaban J connectivity index is 1.64. The third kappa shape index (κ3) is 4.31. The highest BCUT2D eigenvalue weighted by Crippen LogP contribution is 2.25. The fourth-order valence-electron chi connectivity index (χ4n) is 2.67. The molecule has 1 amide bonds. The molecule has 128 valence electrons. The number of carbonyl (C=O) groups is 1. The first-order valence-electron chi connectivity index (χ1n) is 8.34. The van der Waals surface area contributed by atoms with Crippen molar-refractivity contribution in [3.63, 3.8) is 0 Å². The summed E-state index contributed by atoms with van der Waals surface area (Å²) in [6, 6.07) is 21.5. The Kier molecular flexibility index (Phi) is 5.56. The number of amides is 1. The second kappa shape index (κ2) is 8.04. The predicted octanol–water partition coefficient (Wildman–Crippen LogP) is 4.97. The van der Waals surface area contributed by atoms with Gasteiger partial charge in [0.25, 0.3) is 5.91 Å². The minimum Gasteiger partial charge on any atom is -0.479 e. The molecular weight excluding hydrogens is 334 g/mol. The molecule has 1 N–H and O–H groups in total. The smallest absolute Gasteiger partial charge is 0.261 e. The van der Waals surface area contributed by atoms with Gasteiger partial charge in [-0.15, -0.1) is 0 Å². The zero-order chi connectivity index (χ0) is 17.6. The van der Waals surface area contributed by atoms with Crippen molar-refractivity contribution in [3.05, 3.63) is 77.3 Å². The van der Waals surface area contributed by atoms with Crippen LogP contribution in [-0.2, 0) is 11.3 Å². The summed E-state index contributed by atoms with van der Waals surface area (Å²) < 4.78 is 5.77. The Morgan fingerprint density at radius 1 is 1.04 bits per heavy atom. The fourth-order valence-corrected chi connectivity index (χ4v) is 2.85. The molecule has 0 fully saturated rings. The summed E-state index contributed by atoms with van der Waals surface area (Å²) >= 11 is 6.10. The van der Waals surface area contributed by atoms with Crippen LogP contribution in [0.1, 0.15) is 18.9 Å². The molecule has 0 aliphatic carbocycles. The van der Waals surface area contributed by atoms with Crippen LogP contribution in [0.5, 0.6) is 5.75 Å². The van der Waals surface area contributed by atoms with Crippen molar-refractivity contribution in [1.29, 1.82) is 0 Å². The van der Waals surface area contributed by atoms with Gasteiger partial charge in [0, 0.05) is 6.54 Å². The van der Waals surface area contributed by atoms with Crippen LogP contribution in [0.3, 0.4) is 0 Å². The maximum absolute atomic E-state index is 12.4. The van der Waals surface area contributed by atoms with Crippen molar-refractivity contribution < 1.29 is 9.53 Å². The molecule has 1 atom stereocenters. The van der Waals surface area contributed by atoms with E-state index < -0.39 is 6.10 Å². The molecule has 25 heavy (non-hydrogen) atoms. The molecule has 0 saturated carbocycles. The van der Waals surface area contributed by atoms with Gasteiger partial charge >= 0.3 is 0 Å². The van der Waals surface area contributed by atoms with Gasteiger partial charge in [-0.05, 0) is 41.0 Å². The van der Waals surface area contributed by atoms with Gasteiger partial charge < -0.3 is 10.1 Å². The predicted molar refractivity (Wildman–Crippen MR) is 102 cm³/mol. The third-order valence-electron chi connectivity index (χ3n) is 4.05. The molecule has 3 aromatic rings. The van der Waals surface area contributed by atoms with E-state index in [2.05, 4.69) is 29.6 Å². The monoisotopic (exact) mass is 353 g/mol. The minimum atomic E-state index is -0.569. The van der Waals surface area contributed by atoms with Gasteiger partial charge in [0.15, 0.2) is 6.10 Å². The molecule has 0 unspecified atom stereocenters.